The van der Waals surface area contributed by atoms with Gasteiger partial charge in [-0.05, 0) is 107 Å². The molecule has 33 nitrogen and oxygen atoms in total. The molecule has 0 saturated carbocycles. The molecule has 128 heavy (non-hydrogen) atoms. The summed E-state index contributed by atoms with van der Waals surface area (Å²) in [7, 11) is 5.07. The number of aliphatic hydroxyl groups is 1. The standard InChI is InChI=1S/C26H25ClN4O.C18H19N3O6.C16H15N3O3.C15H15N3O2.C11H14O2.C7H5ClN2O4/c27-23-8-6-21(7-9-23)22-10-12-30(13-11-22)16-20-14-24-26(28-15-20)31(18-25(32)29-24)17-19-4-2-1-3-5-19;1-3-27-16(22)12-20(11-13-7-5-4-6-8-13)17-15(21(24)25)9-14(10-19-17)18(23)26-2;1-22-16(21)12-7-13-15(17-8-12)19(10-14(20)18-13)9-11-5-3-2-4-6-11;19-10-12-6-13-15(16-7-12)18(9-14(20)17-13)8-11-4-2-1-3-5-11;1-13-11(12)9-5-8-10-6-3-2-4-7-10;1-14-7(11)4-2-5(10(12)13)6(8)9-3-4/h1-10,14-15H,11-13,16-18H2,(H,29,32);4-10H,3,11-12H2,1-2H3;2-8H,9-10H2,1H3,(H,18,20);1-7,19H,8-10H2,(H,17,20);2-4,6-7H,5,8-9H2,1H3;2-3H,1H3. The number of rotatable bonds is 25. The van der Waals surface area contributed by atoms with E-state index >= 15 is 0 Å². The average molecular weight is 1780 g/mol. The van der Waals surface area contributed by atoms with Gasteiger partial charge in [-0.1, -0.05) is 193 Å². The molecule has 4 aliphatic heterocycles. The summed E-state index contributed by atoms with van der Waals surface area (Å²) in [5.41, 5.74) is 11.3. The quantitative estimate of drug-likeness (QED) is 0.0136. The molecule has 5 aromatic heterocycles. The second kappa shape index (κ2) is 48.4. The Hall–Kier alpha value is -14.9. The van der Waals surface area contributed by atoms with Crippen molar-refractivity contribution in [3.05, 3.63) is 335 Å². The number of methoxy groups -OCH3 is 4. The number of carbonyl (C=O) groups is 8. The van der Waals surface area contributed by atoms with Crippen LogP contribution in [0.25, 0.3) is 5.57 Å². The van der Waals surface area contributed by atoms with Crippen molar-refractivity contribution in [1.82, 2.24) is 29.8 Å². The fourth-order valence-corrected chi connectivity index (χ4v) is 13.8. The summed E-state index contributed by atoms with van der Waals surface area (Å²) in [6.07, 6.45) is 12.9. The van der Waals surface area contributed by atoms with Crippen LogP contribution in [0, 0.1) is 20.2 Å². The molecule has 0 bridgehead atoms. The van der Waals surface area contributed by atoms with Gasteiger partial charge in [0.2, 0.25) is 28.7 Å². The van der Waals surface area contributed by atoms with Crippen molar-refractivity contribution in [2.24, 2.45) is 0 Å². The smallest absolute Gasteiger partial charge is 0.339 e. The van der Waals surface area contributed by atoms with Gasteiger partial charge in [-0.15, -0.1) is 0 Å². The lowest BCUT2D eigenvalue weighted by molar-refractivity contribution is -0.385. The first-order valence-electron chi connectivity index (χ1n) is 40.2. The highest BCUT2D eigenvalue weighted by Crippen LogP contribution is 2.35. The number of hydrogen-bond donors (Lipinski definition) is 4. The second-order valence-electron chi connectivity index (χ2n) is 28.7. The van der Waals surface area contributed by atoms with E-state index in [2.05, 4.69) is 108 Å². The van der Waals surface area contributed by atoms with Crippen LogP contribution >= 0.6 is 23.2 Å². The van der Waals surface area contributed by atoms with Crippen LogP contribution in [0.15, 0.2) is 243 Å². The summed E-state index contributed by atoms with van der Waals surface area (Å²) < 4.78 is 23.1. The molecular weight excluding hydrogens is 1690 g/mol. The Morgan fingerprint density at radius 3 is 1.35 bits per heavy atom. The van der Waals surface area contributed by atoms with Crippen LogP contribution in [-0.4, -0.2) is 167 Å². The van der Waals surface area contributed by atoms with E-state index < -0.39 is 45.1 Å². The number of aromatic nitrogens is 5. The molecule has 15 rings (SSSR count). The summed E-state index contributed by atoms with van der Waals surface area (Å²) in [5, 5.41) is 40.1. The fraction of sp³-hybridized carbons (Fsp3) is 0.237. The first-order valence-corrected chi connectivity index (χ1v) is 40.9. The Bertz CT molecular complexity index is 5700. The van der Waals surface area contributed by atoms with Crippen LogP contribution in [0.2, 0.25) is 10.2 Å². The van der Waals surface area contributed by atoms with Gasteiger partial charge in [-0.25, -0.2) is 39.3 Å². The predicted octanol–water partition coefficient (Wildman–Crippen LogP) is 14.3. The van der Waals surface area contributed by atoms with E-state index in [1.807, 2.05) is 160 Å². The van der Waals surface area contributed by atoms with Gasteiger partial charge in [-0.2, -0.15) is 0 Å². The van der Waals surface area contributed by atoms with Gasteiger partial charge >= 0.3 is 41.2 Å². The van der Waals surface area contributed by atoms with Gasteiger partial charge in [0.25, 0.3) is 0 Å². The number of nitro groups is 2. The normalized spacial score (nSPS) is 12.7. The Labute approximate surface area is 747 Å². The van der Waals surface area contributed by atoms with Crippen molar-refractivity contribution in [3.63, 3.8) is 0 Å². The van der Waals surface area contributed by atoms with Gasteiger partial charge in [-0.3, -0.25) is 49.1 Å². The molecule has 0 aliphatic carbocycles. The topological polar surface area (TPSA) is 406 Å². The first-order chi connectivity index (χ1) is 61.9. The number of carbonyl (C=O) groups excluding carboxylic acids is 8. The number of esters is 5. The lowest BCUT2D eigenvalue weighted by atomic mass is 9.99. The van der Waals surface area contributed by atoms with Crippen molar-refractivity contribution in [1.29, 1.82) is 0 Å². The largest absolute Gasteiger partial charge is 0.469 e. The number of nitrogens with zero attached hydrogens (tertiary/aromatic N) is 12. The molecule has 3 amide bonds. The number of fused-ring (bicyclic) bond motifs is 3. The Morgan fingerprint density at radius 1 is 0.484 bits per heavy atom. The number of aliphatic hydroxyl groups excluding tert-OH is 1. The molecule has 662 valence electrons. The van der Waals surface area contributed by atoms with Crippen LogP contribution in [0.1, 0.15) is 102 Å². The zero-order valence-electron chi connectivity index (χ0n) is 70.6. The maximum Gasteiger partial charge on any atom is 0.339 e. The number of ether oxygens (including phenoxy) is 5. The highest BCUT2D eigenvalue weighted by atomic mass is 35.5. The van der Waals surface area contributed by atoms with Gasteiger partial charge < -0.3 is 64.3 Å². The molecule has 0 unspecified atom stereocenters. The Balaban J connectivity index is 0.000000164. The number of pyridine rings is 5. The number of amides is 3. The third kappa shape index (κ3) is 28.6. The summed E-state index contributed by atoms with van der Waals surface area (Å²) in [5.74, 6) is -0.595. The maximum absolute atomic E-state index is 12.3. The number of nitrogens with one attached hydrogen (secondary N) is 3. The van der Waals surface area contributed by atoms with E-state index in [1.165, 1.54) is 62.4 Å². The van der Waals surface area contributed by atoms with E-state index in [9.17, 15) is 58.6 Å². The molecule has 9 heterocycles. The fourth-order valence-electron chi connectivity index (χ4n) is 13.5. The molecule has 0 saturated heterocycles. The van der Waals surface area contributed by atoms with E-state index in [1.54, 1.807) is 25.3 Å². The number of hydrogen-bond acceptors (Lipinski definition) is 28. The van der Waals surface area contributed by atoms with Gasteiger partial charge in [0.1, 0.15) is 6.54 Å². The third-order valence-electron chi connectivity index (χ3n) is 19.6. The predicted molar refractivity (Wildman–Crippen MR) is 483 cm³/mol. The molecular formula is C93H93Cl2N15O18. The molecule has 4 N–H and O–H groups in total. The first kappa shape index (κ1) is 95.3. The summed E-state index contributed by atoms with van der Waals surface area (Å²) in [6.45, 7) is 7.13. The molecule has 35 heteroatoms. The average Bonchev–Trinajstić information content (AvgIpc) is 0.802. The molecule has 0 radical (unpaired) electrons. The molecule has 0 spiro atoms. The minimum absolute atomic E-state index is 0.000827. The van der Waals surface area contributed by atoms with Crippen molar-refractivity contribution in [2.75, 3.05) is 110 Å². The van der Waals surface area contributed by atoms with Crippen molar-refractivity contribution < 1.29 is 77.0 Å². The SMILES string of the molecule is CCOC(=O)CN(Cc1ccccc1)c1ncc(C(=O)OC)cc1[N+](=O)[O-].COC(=O)CCCc1ccccc1.COC(=O)c1cnc(Cl)c([N+](=O)[O-])c1.COC(=O)c1cnc2c(c1)NC(=O)CN2Cc1ccccc1.O=C1CN(Cc2ccccc2)c2ncc(CN3CC=C(c4ccc(Cl)cc4)CC3)cc2N1.O=C1CN(Cc2ccccc2)c2ncc(CO)cc2N1. The Kier molecular flexibility index (Phi) is 36.0. The van der Waals surface area contributed by atoms with Crippen LogP contribution in [-0.2, 0) is 93.4 Å². The number of anilines is 7. The molecule has 6 aromatic carbocycles. The highest BCUT2D eigenvalue weighted by molar-refractivity contribution is 6.31. The summed E-state index contributed by atoms with van der Waals surface area (Å²) in [6, 6.07) is 64.8. The summed E-state index contributed by atoms with van der Waals surface area (Å²) in [4.78, 5) is 144. The van der Waals surface area contributed by atoms with E-state index in [-0.39, 0.29) is 85.2 Å². The zero-order valence-corrected chi connectivity index (χ0v) is 72.1. The van der Waals surface area contributed by atoms with Crippen LogP contribution < -0.4 is 35.6 Å². The van der Waals surface area contributed by atoms with Gasteiger partial charge in [0.05, 0.1) is 105 Å². The highest BCUT2D eigenvalue weighted by Gasteiger charge is 2.30. The monoisotopic (exact) mass is 1780 g/mol. The lowest BCUT2D eigenvalue weighted by Crippen LogP contribution is -2.38. The van der Waals surface area contributed by atoms with Crippen molar-refractivity contribution in [3.8, 4) is 0 Å². The van der Waals surface area contributed by atoms with Crippen molar-refractivity contribution in [2.45, 2.75) is 71.9 Å². The lowest BCUT2D eigenvalue weighted by Gasteiger charge is -2.31. The van der Waals surface area contributed by atoms with Crippen LogP contribution in [0.3, 0.4) is 0 Å². The molecule has 0 atom stereocenters. The second-order valence-corrected chi connectivity index (χ2v) is 29.5. The van der Waals surface area contributed by atoms with Gasteiger partial charge in [0.15, 0.2) is 17.5 Å². The Morgan fingerprint density at radius 2 is 0.906 bits per heavy atom. The maximum atomic E-state index is 12.3. The van der Waals surface area contributed by atoms with Crippen LogP contribution in [0.4, 0.5) is 51.7 Å². The number of aryl methyl sites for hydroxylation is 1. The molecule has 4 aliphatic rings. The zero-order chi connectivity index (χ0) is 91.4. The number of halogens is 2. The van der Waals surface area contributed by atoms with E-state index in [0.29, 0.717) is 60.9 Å². The van der Waals surface area contributed by atoms with E-state index in [4.69, 9.17) is 38.0 Å². The summed E-state index contributed by atoms with van der Waals surface area (Å²) >= 11 is 11.4. The number of benzene rings is 6. The minimum Gasteiger partial charge on any atom is -0.469 e. The van der Waals surface area contributed by atoms with Gasteiger partial charge in [0, 0.05) is 100 Å². The van der Waals surface area contributed by atoms with Crippen LogP contribution in [0.5, 0.6) is 0 Å². The third-order valence-corrected chi connectivity index (χ3v) is 20.1. The minimum atomic E-state index is -0.739. The molecule has 0 fully saturated rings. The van der Waals surface area contributed by atoms with Crippen molar-refractivity contribution >= 4 is 128 Å². The van der Waals surface area contributed by atoms with E-state index in [0.717, 1.165) is 107 Å². The molecule has 11 aromatic rings.